The van der Waals surface area contributed by atoms with E-state index in [0.717, 1.165) is 41.1 Å². The number of hydrogen-bond acceptors (Lipinski definition) is 4. The van der Waals surface area contributed by atoms with Gasteiger partial charge in [0.2, 0.25) is 0 Å². The van der Waals surface area contributed by atoms with Gasteiger partial charge in [0.1, 0.15) is 0 Å². The van der Waals surface area contributed by atoms with Crippen molar-refractivity contribution < 1.29 is 14.2 Å². The van der Waals surface area contributed by atoms with Crippen LogP contribution in [0.5, 0.6) is 11.5 Å². The van der Waals surface area contributed by atoms with Gasteiger partial charge < -0.3 is 19.5 Å². The average molecular weight is 330 g/mol. The fourth-order valence-electron chi connectivity index (χ4n) is 2.27. The predicted molar refractivity (Wildman–Crippen MR) is 77.9 cm³/mol. The second-order valence-corrected chi connectivity index (χ2v) is 5.50. The van der Waals surface area contributed by atoms with Gasteiger partial charge in [-0.15, -0.1) is 0 Å². The first-order valence-corrected chi connectivity index (χ1v) is 7.20. The van der Waals surface area contributed by atoms with Gasteiger partial charge in [-0.05, 0) is 31.0 Å². The van der Waals surface area contributed by atoms with Crippen molar-refractivity contribution in [2.75, 3.05) is 20.8 Å². The summed E-state index contributed by atoms with van der Waals surface area (Å²) in [5, 5.41) is 3.53. The molecule has 0 bridgehead atoms. The van der Waals surface area contributed by atoms with Crippen LogP contribution in [0.2, 0.25) is 0 Å². The highest BCUT2D eigenvalue weighted by atomic mass is 79.9. The number of methoxy groups -OCH3 is 2. The van der Waals surface area contributed by atoms with Gasteiger partial charge in [-0.3, -0.25) is 0 Å². The van der Waals surface area contributed by atoms with Crippen molar-refractivity contribution in [3.05, 3.63) is 22.2 Å². The van der Waals surface area contributed by atoms with Gasteiger partial charge in [0.15, 0.2) is 11.5 Å². The Bertz CT molecular complexity index is 439. The Balaban J connectivity index is 2.07. The van der Waals surface area contributed by atoms with Crippen LogP contribution in [-0.4, -0.2) is 33.0 Å². The van der Waals surface area contributed by atoms with Gasteiger partial charge in [0.25, 0.3) is 0 Å². The Kier molecular flexibility index (Phi) is 5.07. The van der Waals surface area contributed by atoms with Gasteiger partial charge in [-0.1, -0.05) is 15.9 Å². The summed E-state index contributed by atoms with van der Waals surface area (Å²) in [7, 11) is 3.29. The normalized spacial score (nSPS) is 22.5. The maximum Gasteiger partial charge on any atom is 0.161 e. The molecule has 0 spiro atoms. The third-order valence-electron chi connectivity index (χ3n) is 3.48. The second kappa shape index (κ2) is 6.59. The maximum absolute atomic E-state index is 5.55. The first-order valence-electron chi connectivity index (χ1n) is 6.41. The molecule has 1 fully saturated rings. The molecule has 19 heavy (non-hydrogen) atoms. The summed E-state index contributed by atoms with van der Waals surface area (Å²) in [5.74, 6) is 1.48. The summed E-state index contributed by atoms with van der Waals surface area (Å²) in [6.45, 7) is 3.72. The zero-order valence-electron chi connectivity index (χ0n) is 11.5. The summed E-state index contributed by atoms with van der Waals surface area (Å²) >= 11 is 3.57. The monoisotopic (exact) mass is 329 g/mol. The summed E-state index contributed by atoms with van der Waals surface area (Å²) < 4.78 is 17.2. The van der Waals surface area contributed by atoms with Crippen molar-refractivity contribution in [2.45, 2.75) is 32.0 Å². The molecular formula is C14H20BrNO3. The summed E-state index contributed by atoms with van der Waals surface area (Å²) in [4.78, 5) is 0. The molecule has 2 rings (SSSR count). The molecule has 4 nitrogen and oxygen atoms in total. The third-order valence-corrected chi connectivity index (χ3v) is 4.22. The van der Waals surface area contributed by atoms with E-state index in [9.17, 15) is 0 Å². The van der Waals surface area contributed by atoms with E-state index < -0.39 is 0 Å². The highest BCUT2D eigenvalue weighted by Crippen LogP contribution is 2.33. The zero-order chi connectivity index (χ0) is 13.8. The van der Waals surface area contributed by atoms with Crippen molar-refractivity contribution in [1.29, 1.82) is 0 Å². The Morgan fingerprint density at radius 3 is 2.58 bits per heavy atom. The molecule has 1 N–H and O–H groups in total. The smallest absolute Gasteiger partial charge is 0.161 e. The molecule has 1 aliphatic rings. The molecule has 5 heteroatoms. The average Bonchev–Trinajstić information content (AvgIpc) is 2.82. The number of ether oxygens (including phenoxy) is 3. The van der Waals surface area contributed by atoms with Crippen LogP contribution >= 0.6 is 15.9 Å². The molecule has 2 atom stereocenters. The second-order valence-electron chi connectivity index (χ2n) is 4.65. The van der Waals surface area contributed by atoms with E-state index >= 15 is 0 Å². The molecule has 0 aromatic heterocycles. The van der Waals surface area contributed by atoms with Crippen molar-refractivity contribution >= 4 is 15.9 Å². The number of rotatable bonds is 5. The van der Waals surface area contributed by atoms with Gasteiger partial charge in [0, 0.05) is 23.7 Å². The van der Waals surface area contributed by atoms with Crippen molar-refractivity contribution in [2.24, 2.45) is 0 Å². The van der Waals surface area contributed by atoms with Gasteiger partial charge in [0.05, 0.1) is 20.3 Å². The third kappa shape index (κ3) is 3.41. The van der Waals surface area contributed by atoms with Crippen LogP contribution in [0.1, 0.15) is 18.9 Å². The maximum atomic E-state index is 5.55. The van der Waals surface area contributed by atoms with Crippen LogP contribution in [0.4, 0.5) is 0 Å². The van der Waals surface area contributed by atoms with E-state index in [1.165, 1.54) is 0 Å². The highest BCUT2D eigenvalue weighted by molar-refractivity contribution is 9.10. The zero-order valence-corrected chi connectivity index (χ0v) is 13.1. The Labute approximate surface area is 122 Å². The standard InChI is InChI=1S/C14H20BrNO3/c1-9-12(4-5-19-9)16-8-10-6-13(17-2)14(18-3)7-11(10)15/h6-7,9,12,16H,4-5,8H2,1-3H3. The molecule has 0 amide bonds. The Morgan fingerprint density at radius 2 is 2.00 bits per heavy atom. The number of hydrogen-bond donors (Lipinski definition) is 1. The molecule has 1 aromatic carbocycles. The van der Waals surface area contributed by atoms with Crippen LogP contribution in [0.3, 0.4) is 0 Å². The van der Waals surface area contributed by atoms with Crippen molar-refractivity contribution in [1.82, 2.24) is 5.32 Å². The number of nitrogens with one attached hydrogen (secondary N) is 1. The highest BCUT2D eigenvalue weighted by Gasteiger charge is 2.23. The number of halogens is 1. The lowest BCUT2D eigenvalue weighted by atomic mass is 10.1. The number of benzene rings is 1. The van der Waals surface area contributed by atoms with Crippen LogP contribution in [0.15, 0.2) is 16.6 Å². The molecular weight excluding hydrogens is 310 g/mol. The van der Waals surface area contributed by atoms with Gasteiger partial charge in [-0.25, -0.2) is 0 Å². The minimum Gasteiger partial charge on any atom is -0.493 e. The van der Waals surface area contributed by atoms with E-state index in [4.69, 9.17) is 14.2 Å². The molecule has 0 saturated carbocycles. The molecule has 0 radical (unpaired) electrons. The quantitative estimate of drug-likeness (QED) is 0.901. The van der Waals surface area contributed by atoms with Crippen LogP contribution in [0, 0.1) is 0 Å². The van der Waals surface area contributed by atoms with Crippen molar-refractivity contribution in [3.63, 3.8) is 0 Å². The van der Waals surface area contributed by atoms with E-state index in [1.54, 1.807) is 14.2 Å². The molecule has 106 valence electrons. The lowest BCUT2D eigenvalue weighted by Gasteiger charge is -2.17. The minimum atomic E-state index is 0.277. The molecule has 0 aliphatic carbocycles. The van der Waals surface area contributed by atoms with E-state index in [2.05, 4.69) is 28.2 Å². The lowest BCUT2D eigenvalue weighted by molar-refractivity contribution is 0.113. The summed E-state index contributed by atoms with van der Waals surface area (Å²) in [6.07, 6.45) is 1.34. The fraction of sp³-hybridized carbons (Fsp3) is 0.571. The molecule has 1 aliphatic heterocycles. The molecule has 1 heterocycles. The minimum absolute atomic E-state index is 0.277. The van der Waals surface area contributed by atoms with Gasteiger partial charge in [-0.2, -0.15) is 0 Å². The van der Waals surface area contributed by atoms with E-state index in [0.29, 0.717) is 6.04 Å². The molecule has 1 aromatic rings. The lowest BCUT2D eigenvalue weighted by Crippen LogP contribution is -2.34. The fourth-order valence-corrected chi connectivity index (χ4v) is 2.74. The largest absolute Gasteiger partial charge is 0.493 e. The first kappa shape index (κ1) is 14.6. The molecule has 1 saturated heterocycles. The Hall–Kier alpha value is -0.780. The van der Waals surface area contributed by atoms with Crippen LogP contribution in [-0.2, 0) is 11.3 Å². The molecule has 2 unspecified atom stereocenters. The first-order chi connectivity index (χ1) is 9.15. The predicted octanol–water partition coefficient (Wildman–Crippen LogP) is 2.73. The SMILES string of the molecule is COc1cc(Br)c(CNC2CCOC2C)cc1OC. The van der Waals surface area contributed by atoms with Crippen molar-refractivity contribution in [3.8, 4) is 11.5 Å². The summed E-state index contributed by atoms with van der Waals surface area (Å²) in [5.41, 5.74) is 1.15. The Morgan fingerprint density at radius 1 is 1.32 bits per heavy atom. The van der Waals surface area contributed by atoms with Crippen LogP contribution in [0.25, 0.3) is 0 Å². The van der Waals surface area contributed by atoms with Gasteiger partial charge >= 0.3 is 0 Å². The van der Waals surface area contributed by atoms with E-state index in [-0.39, 0.29) is 6.10 Å². The van der Waals surface area contributed by atoms with E-state index in [1.807, 2.05) is 12.1 Å². The summed E-state index contributed by atoms with van der Waals surface area (Å²) in [6, 6.07) is 4.35. The topological polar surface area (TPSA) is 39.7 Å². The van der Waals surface area contributed by atoms with Crippen LogP contribution < -0.4 is 14.8 Å².